The van der Waals surface area contributed by atoms with Crippen LogP contribution in [0.3, 0.4) is 0 Å². The van der Waals surface area contributed by atoms with Gasteiger partial charge in [0.2, 0.25) is 5.82 Å². The smallest absolute Gasteiger partial charge is 0.200 e. The van der Waals surface area contributed by atoms with Crippen LogP contribution in [0.25, 0.3) is 0 Å². The average Bonchev–Trinajstić information content (AvgIpc) is 2.67. The maximum atomic E-state index is 12.5. The molecule has 0 aromatic heterocycles. The third-order valence-corrected chi connectivity index (χ3v) is 6.04. The second-order valence-corrected chi connectivity index (χ2v) is 6.89. The van der Waals surface area contributed by atoms with E-state index in [4.69, 9.17) is 0 Å². The monoisotopic (exact) mass is 432 g/mol. The first-order valence-electron chi connectivity index (χ1n) is 7.10. The molecule has 1 aliphatic carbocycles. The fourth-order valence-corrected chi connectivity index (χ4v) is 2.96. The van der Waals surface area contributed by atoms with Crippen molar-refractivity contribution in [1.82, 2.24) is 0 Å². The molecule has 2 rings (SSSR count). The van der Waals surface area contributed by atoms with Crippen molar-refractivity contribution < 1.29 is 61.7 Å². The molecule has 0 aliphatic heterocycles. The average molecular weight is 432 g/mol. The summed E-state index contributed by atoms with van der Waals surface area (Å²) < 4.78 is 63.5. The van der Waals surface area contributed by atoms with E-state index in [1.54, 1.807) is 0 Å². The van der Waals surface area contributed by atoms with Crippen molar-refractivity contribution >= 4 is 5.97 Å². The van der Waals surface area contributed by atoms with Crippen LogP contribution in [0.2, 0.25) is 0 Å². The van der Waals surface area contributed by atoms with Crippen molar-refractivity contribution in [3.05, 3.63) is 55.2 Å². The van der Waals surface area contributed by atoms with E-state index in [-0.39, 0.29) is 9.41 Å². The Labute approximate surface area is 163 Å². The first-order valence-corrected chi connectivity index (χ1v) is 7.88. The van der Waals surface area contributed by atoms with Crippen LogP contribution in [0.15, 0.2) is 20.6 Å². The molecular weight excluding hydrogens is 417 g/mol. The Morgan fingerprint density at radius 2 is 1.15 bits per heavy atom. The van der Waals surface area contributed by atoms with Gasteiger partial charge in [0.05, 0.1) is 11.5 Å². The molecule has 148 valence electrons. The summed E-state index contributed by atoms with van der Waals surface area (Å²) in [6, 6.07) is 0. The summed E-state index contributed by atoms with van der Waals surface area (Å²) in [4.78, 5) is 10.0. The molecular formula is C17H15F7O2Ti. The van der Waals surface area contributed by atoms with Crippen LogP contribution < -0.4 is 14.5 Å². The fraction of sp³-hybridized carbons (Fsp3) is 0.353. The molecule has 10 heteroatoms. The van der Waals surface area contributed by atoms with Gasteiger partial charge < -0.3 is 19.3 Å². The number of rotatable bonds is 1. The van der Waals surface area contributed by atoms with Crippen LogP contribution in [-0.4, -0.2) is 5.97 Å². The number of allylic oxidation sites excluding steroid dienone is 4. The molecule has 0 radical (unpaired) electrons. The Balaban J connectivity index is 0. The quantitative estimate of drug-likeness (QED) is 0.222. The van der Waals surface area contributed by atoms with E-state index >= 15 is 0 Å². The Bertz CT molecular complexity index is 759. The van der Waals surface area contributed by atoms with Crippen molar-refractivity contribution in [3.8, 4) is 0 Å². The third-order valence-electron chi connectivity index (χ3n) is 4.48. The van der Waals surface area contributed by atoms with Crippen LogP contribution in [0.1, 0.15) is 45.0 Å². The van der Waals surface area contributed by atoms with Gasteiger partial charge in [0.1, 0.15) is 0 Å². The van der Waals surface area contributed by atoms with Gasteiger partial charge in [-0.3, -0.25) is 0 Å². The molecule has 0 fully saturated rings. The molecule has 0 saturated heterocycles. The van der Waals surface area contributed by atoms with Crippen molar-refractivity contribution in [2.75, 3.05) is 0 Å². The topological polar surface area (TPSA) is 40.1 Å². The van der Waals surface area contributed by atoms with E-state index in [1.807, 2.05) is 0 Å². The maximum absolute atomic E-state index is 12.5. The van der Waals surface area contributed by atoms with Gasteiger partial charge in [0.15, 0.2) is 23.3 Å². The Morgan fingerprint density at radius 3 is 1.33 bits per heavy atom. The van der Waals surface area contributed by atoms with Crippen LogP contribution in [0.5, 0.6) is 0 Å². The predicted molar refractivity (Wildman–Crippen MR) is 75.4 cm³/mol. The molecule has 1 aromatic carbocycles. The molecule has 0 saturated carbocycles. The van der Waals surface area contributed by atoms with Crippen molar-refractivity contribution in [3.63, 3.8) is 0 Å². The number of aromatic carboxylic acids is 1. The summed E-state index contributed by atoms with van der Waals surface area (Å²) in [5.74, 6) is -14.4. The molecule has 0 bridgehead atoms. The largest absolute Gasteiger partial charge is 1.00 e. The molecule has 0 unspecified atom stereocenters. The first-order chi connectivity index (χ1) is 11.3. The Morgan fingerprint density at radius 1 is 0.815 bits per heavy atom. The summed E-state index contributed by atoms with van der Waals surface area (Å²) in [6.07, 6.45) is 0. The minimum atomic E-state index is -2.47. The summed E-state index contributed by atoms with van der Waals surface area (Å²) in [5, 5.41) is 10.0. The number of carbonyl (C=O) groups excluding carboxylic acids is 1. The summed E-state index contributed by atoms with van der Waals surface area (Å²) in [7, 11) is 0. The molecule has 0 heterocycles. The van der Waals surface area contributed by atoms with Gasteiger partial charge in [-0.15, -0.1) is 0 Å². The van der Waals surface area contributed by atoms with Crippen molar-refractivity contribution in [1.29, 1.82) is 0 Å². The van der Waals surface area contributed by atoms with Gasteiger partial charge >= 0.3 is 81.1 Å². The number of hydrogen-bond acceptors (Lipinski definition) is 2. The molecule has 0 spiro atoms. The minimum absolute atomic E-state index is 0. The molecule has 0 amide bonds. The summed E-state index contributed by atoms with van der Waals surface area (Å²) in [5.41, 5.74) is 2.86. The molecule has 27 heavy (non-hydrogen) atoms. The summed E-state index contributed by atoms with van der Waals surface area (Å²) in [6.45, 7) is 11.3. The predicted octanol–water partition coefficient (Wildman–Crippen LogP) is -2.06. The van der Waals surface area contributed by atoms with Crippen LogP contribution >= 0.6 is 0 Å². The molecule has 1 aromatic rings. The Hall–Kier alpha value is -1.61. The van der Waals surface area contributed by atoms with Gasteiger partial charge in [0, 0.05) is 0 Å². The first kappa shape index (κ1) is 27.6. The maximum Gasteiger partial charge on any atom is 0.200 e. The second-order valence-electron chi connectivity index (χ2n) is 6.11. The number of carbonyl (C=O) groups is 1. The van der Waals surface area contributed by atoms with Gasteiger partial charge in [-0.25, -0.2) is 22.0 Å². The molecule has 0 N–H and O–H groups in total. The zero-order valence-electron chi connectivity index (χ0n) is 15.0. The standard InChI is InChI=1S/C10H15.C7HF5O2.2FH.Ti/c1-7-6-10(4,5)9(3)8(7)2;8-2-1(7(13)14)3(9)5(11)6(12)4(2)10;;;/h1-5H3;(H,13,14);2*1H;/q;;;;+3/p-3. The zero-order valence-corrected chi connectivity index (χ0v) is 16.5. The molecule has 2 nitrogen and oxygen atoms in total. The molecule has 1 aliphatic rings. The van der Waals surface area contributed by atoms with E-state index in [0.29, 0.717) is 5.41 Å². The van der Waals surface area contributed by atoms with Gasteiger partial charge in [0.25, 0.3) is 0 Å². The van der Waals surface area contributed by atoms with E-state index in [1.165, 1.54) is 20.6 Å². The number of halogens is 7. The number of carboxylic acid groups (broad SMARTS) is 1. The van der Waals surface area contributed by atoms with E-state index in [2.05, 4.69) is 55.1 Å². The van der Waals surface area contributed by atoms with Gasteiger partial charge in [-0.2, -0.15) is 0 Å². The zero-order chi connectivity index (χ0) is 19.9. The number of benzene rings is 1. The molecule has 0 atom stereocenters. The fourth-order valence-electron chi connectivity index (χ4n) is 2.38. The SMILES string of the molecule is CC1=C(C)C(C)(C)[C]([Ti+3])=C1C.O=C([O-])c1c(F)c(F)c(F)c(F)c1F.[F-].[F-]. The second kappa shape index (κ2) is 9.55. The van der Waals surface area contributed by atoms with Gasteiger partial charge in [-0.05, 0) is 0 Å². The van der Waals surface area contributed by atoms with Gasteiger partial charge in [-0.1, -0.05) is 0 Å². The minimum Gasteiger partial charge on any atom is -1.00 e. The number of carboxylic acids is 1. The Kier molecular flexibility index (Phi) is 9.76. The van der Waals surface area contributed by atoms with Crippen molar-refractivity contribution in [2.45, 2.75) is 34.6 Å². The van der Waals surface area contributed by atoms with Crippen LogP contribution in [0.4, 0.5) is 22.0 Å². The van der Waals surface area contributed by atoms with Crippen LogP contribution in [0, 0.1) is 34.5 Å². The van der Waals surface area contributed by atoms with E-state index < -0.39 is 40.6 Å². The van der Waals surface area contributed by atoms with Crippen LogP contribution in [-0.2, 0) is 20.4 Å². The van der Waals surface area contributed by atoms with Crippen molar-refractivity contribution in [2.24, 2.45) is 5.41 Å². The van der Waals surface area contributed by atoms with E-state index in [9.17, 15) is 31.9 Å². The van der Waals surface area contributed by atoms with E-state index in [0.717, 1.165) is 0 Å². The number of hydrogen-bond donors (Lipinski definition) is 0. The third kappa shape index (κ3) is 4.82. The summed E-state index contributed by atoms with van der Waals surface area (Å²) >= 11 is 2.25. The normalized spacial score (nSPS) is 15.0.